The normalized spacial score (nSPS) is 13.8. The highest BCUT2D eigenvalue weighted by Crippen LogP contribution is 2.22. The quantitative estimate of drug-likeness (QED) is 0.712. The van der Waals surface area contributed by atoms with Gasteiger partial charge >= 0.3 is 0 Å². The van der Waals surface area contributed by atoms with Crippen LogP contribution in [0, 0.1) is 5.41 Å². The molecule has 13 heavy (non-hydrogen) atoms. The molecule has 2 nitrogen and oxygen atoms in total. The Morgan fingerprint density at radius 2 is 1.62 bits per heavy atom. The van der Waals surface area contributed by atoms with Gasteiger partial charge in [0.05, 0.1) is 0 Å². The number of aliphatic hydroxyl groups is 1. The molecule has 0 amide bonds. The minimum Gasteiger partial charge on any atom is -0.396 e. The Bertz CT molecular complexity index is 152. The zero-order valence-electron chi connectivity index (χ0n) is 10.0. The molecule has 0 heterocycles. The minimum atomic E-state index is 0.00118. The maximum absolute atomic E-state index is 9.15. The van der Waals surface area contributed by atoms with Crippen LogP contribution < -0.4 is 0 Å². The van der Waals surface area contributed by atoms with Crippen molar-refractivity contribution < 1.29 is 5.11 Å². The van der Waals surface area contributed by atoms with Crippen molar-refractivity contribution >= 4 is 0 Å². The van der Waals surface area contributed by atoms with Gasteiger partial charge in [0.15, 0.2) is 0 Å². The van der Waals surface area contributed by atoms with Crippen LogP contribution in [0.3, 0.4) is 0 Å². The molecule has 0 aromatic heterocycles. The summed E-state index contributed by atoms with van der Waals surface area (Å²) in [6, 6.07) is 0. The monoisotopic (exact) mass is 187 g/mol. The highest BCUT2D eigenvalue weighted by Gasteiger charge is 2.27. The van der Waals surface area contributed by atoms with Crippen molar-refractivity contribution in [2.45, 2.75) is 46.6 Å². The molecule has 0 spiro atoms. The summed E-state index contributed by atoms with van der Waals surface area (Å²) in [6.45, 7) is 12.0. The van der Waals surface area contributed by atoms with E-state index in [1.807, 2.05) is 0 Å². The van der Waals surface area contributed by atoms with Crippen LogP contribution in [0.1, 0.15) is 41.0 Å². The zero-order chi connectivity index (χ0) is 10.7. The summed E-state index contributed by atoms with van der Waals surface area (Å²) < 4.78 is 0. The molecule has 0 radical (unpaired) electrons. The average molecular weight is 187 g/mol. The first-order valence-corrected chi connectivity index (χ1v) is 5.07. The molecule has 0 bridgehead atoms. The third kappa shape index (κ3) is 4.10. The number of aliphatic hydroxyl groups excluding tert-OH is 1. The molecule has 0 atom stereocenters. The Morgan fingerprint density at radius 3 is 1.92 bits per heavy atom. The van der Waals surface area contributed by atoms with Gasteiger partial charge in [-0.05, 0) is 27.3 Å². The molecule has 0 saturated carbocycles. The predicted octanol–water partition coefficient (Wildman–Crippen LogP) is 2.13. The van der Waals surface area contributed by atoms with E-state index < -0.39 is 0 Å². The van der Waals surface area contributed by atoms with E-state index in [9.17, 15) is 0 Å². The summed E-state index contributed by atoms with van der Waals surface area (Å²) in [4.78, 5) is 2.32. The highest BCUT2D eigenvalue weighted by molar-refractivity contribution is 4.81. The second-order valence-corrected chi connectivity index (χ2v) is 5.34. The van der Waals surface area contributed by atoms with Gasteiger partial charge < -0.3 is 10.0 Å². The molecule has 1 N–H and O–H groups in total. The van der Waals surface area contributed by atoms with Crippen molar-refractivity contribution in [3.8, 4) is 0 Å². The lowest BCUT2D eigenvalue weighted by molar-refractivity contribution is 0.0616. The van der Waals surface area contributed by atoms with Crippen molar-refractivity contribution in [3.63, 3.8) is 0 Å². The summed E-state index contributed by atoms with van der Waals surface area (Å²) in [7, 11) is 2.13. The molecule has 0 aliphatic heterocycles. The van der Waals surface area contributed by atoms with Gasteiger partial charge in [-0.2, -0.15) is 0 Å². The largest absolute Gasteiger partial charge is 0.396 e. The Hall–Kier alpha value is -0.0800. The first-order valence-electron chi connectivity index (χ1n) is 5.07. The predicted molar refractivity (Wildman–Crippen MR) is 57.9 cm³/mol. The van der Waals surface area contributed by atoms with Gasteiger partial charge in [-0.1, -0.05) is 20.8 Å². The molecular formula is C11H25NO. The maximum atomic E-state index is 9.15. The van der Waals surface area contributed by atoms with Crippen LogP contribution >= 0.6 is 0 Å². The maximum Gasteiger partial charge on any atom is 0.0494 e. The molecule has 0 unspecified atom stereocenters. The smallest absolute Gasteiger partial charge is 0.0494 e. The van der Waals surface area contributed by atoms with E-state index in [0.717, 1.165) is 13.0 Å². The van der Waals surface area contributed by atoms with Crippen LogP contribution in [0.25, 0.3) is 0 Å². The fourth-order valence-corrected chi connectivity index (χ4v) is 1.18. The molecule has 80 valence electrons. The van der Waals surface area contributed by atoms with Gasteiger partial charge in [-0.25, -0.2) is 0 Å². The van der Waals surface area contributed by atoms with Gasteiger partial charge in [-0.3, -0.25) is 0 Å². The molecule has 0 fully saturated rings. The molecule has 0 aromatic rings. The number of hydrogen-bond acceptors (Lipinski definition) is 2. The summed E-state index contributed by atoms with van der Waals surface area (Å²) >= 11 is 0. The van der Waals surface area contributed by atoms with Crippen LogP contribution in [0.15, 0.2) is 0 Å². The third-order valence-corrected chi connectivity index (χ3v) is 2.99. The van der Waals surface area contributed by atoms with Crippen LogP contribution in [0.2, 0.25) is 0 Å². The van der Waals surface area contributed by atoms with Crippen LogP contribution in [-0.2, 0) is 0 Å². The summed E-state index contributed by atoms with van der Waals surface area (Å²) in [5, 5.41) is 9.15. The highest BCUT2D eigenvalue weighted by atomic mass is 16.3. The molecule has 0 aliphatic rings. The fourth-order valence-electron chi connectivity index (χ4n) is 1.18. The first-order chi connectivity index (χ1) is 5.75. The van der Waals surface area contributed by atoms with E-state index in [0.29, 0.717) is 0 Å². The minimum absolute atomic E-state index is 0.00118. The summed E-state index contributed by atoms with van der Waals surface area (Å²) in [5.74, 6) is 0. The topological polar surface area (TPSA) is 23.5 Å². The van der Waals surface area contributed by atoms with Gasteiger partial charge in [-0.15, -0.1) is 0 Å². The molecular weight excluding hydrogens is 162 g/mol. The number of rotatable bonds is 5. The van der Waals surface area contributed by atoms with E-state index in [1.54, 1.807) is 0 Å². The number of nitrogens with zero attached hydrogens (tertiary/aromatic N) is 1. The van der Waals surface area contributed by atoms with Gasteiger partial charge in [0.2, 0.25) is 0 Å². The fraction of sp³-hybridized carbons (Fsp3) is 1.00. The second-order valence-electron chi connectivity index (χ2n) is 5.34. The van der Waals surface area contributed by atoms with Crippen LogP contribution in [-0.4, -0.2) is 35.7 Å². The zero-order valence-corrected chi connectivity index (χ0v) is 10.0. The lowest BCUT2D eigenvalue weighted by atomic mass is 9.90. The standard InChI is InChI=1S/C11H25NO/c1-7-11(4,5)12(6)8-10(2,3)9-13/h13H,7-9H2,1-6H3. The van der Waals surface area contributed by atoms with Crippen molar-refractivity contribution in [2.24, 2.45) is 5.41 Å². The molecule has 0 saturated heterocycles. The van der Waals surface area contributed by atoms with Crippen molar-refractivity contribution in [3.05, 3.63) is 0 Å². The number of hydrogen-bond donors (Lipinski definition) is 1. The van der Waals surface area contributed by atoms with Crippen LogP contribution in [0.5, 0.6) is 0 Å². The first kappa shape index (κ1) is 12.9. The average Bonchev–Trinajstić information content (AvgIpc) is 2.04. The Kier molecular flexibility index (Phi) is 4.40. The van der Waals surface area contributed by atoms with E-state index in [-0.39, 0.29) is 17.6 Å². The Labute approximate surface area is 82.9 Å². The van der Waals surface area contributed by atoms with Crippen molar-refractivity contribution in [2.75, 3.05) is 20.2 Å². The lowest BCUT2D eigenvalue weighted by Crippen LogP contribution is -2.46. The SMILES string of the molecule is CCC(C)(C)N(C)CC(C)(C)CO. The van der Waals surface area contributed by atoms with E-state index in [4.69, 9.17) is 5.11 Å². The lowest BCUT2D eigenvalue weighted by Gasteiger charge is -2.39. The van der Waals surface area contributed by atoms with Crippen molar-refractivity contribution in [1.82, 2.24) is 4.90 Å². The Morgan fingerprint density at radius 1 is 1.15 bits per heavy atom. The molecule has 0 aromatic carbocycles. The third-order valence-electron chi connectivity index (χ3n) is 2.99. The molecule has 0 rings (SSSR count). The van der Waals surface area contributed by atoms with E-state index >= 15 is 0 Å². The molecule has 2 heteroatoms. The van der Waals surface area contributed by atoms with Gasteiger partial charge in [0.25, 0.3) is 0 Å². The summed E-state index contributed by atoms with van der Waals surface area (Å²) in [5.41, 5.74) is 0.230. The summed E-state index contributed by atoms with van der Waals surface area (Å²) in [6.07, 6.45) is 1.13. The molecule has 0 aliphatic carbocycles. The van der Waals surface area contributed by atoms with Crippen molar-refractivity contribution in [1.29, 1.82) is 0 Å². The van der Waals surface area contributed by atoms with Gasteiger partial charge in [0.1, 0.15) is 0 Å². The second kappa shape index (κ2) is 4.43. The van der Waals surface area contributed by atoms with E-state index in [1.165, 1.54) is 0 Å². The Balaban J connectivity index is 4.22. The van der Waals surface area contributed by atoms with Gasteiger partial charge in [0, 0.05) is 24.1 Å². The van der Waals surface area contributed by atoms with Crippen LogP contribution in [0.4, 0.5) is 0 Å². The van der Waals surface area contributed by atoms with E-state index in [2.05, 4.69) is 46.6 Å².